The molecule has 0 radical (unpaired) electrons. The van der Waals surface area contributed by atoms with E-state index in [1.807, 2.05) is 19.1 Å². The molecule has 1 aromatic carbocycles. The Morgan fingerprint density at radius 1 is 1.30 bits per heavy atom. The molecule has 0 saturated heterocycles. The number of hydrogen-bond acceptors (Lipinski definition) is 4. The van der Waals surface area contributed by atoms with Crippen LogP contribution in [0.2, 0.25) is 0 Å². The highest BCUT2D eigenvalue weighted by Gasteiger charge is 2.01. The number of nitrogens with zero attached hydrogens (tertiary/aromatic N) is 2. The lowest BCUT2D eigenvalue weighted by atomic mass is 10.2. The van der Waals surface area contributed by atoms with Gasteiger partial charge in [-0.1, -0.05) is 12.1 Å². The minimum atomic E-state index is 0.272. The van der Waals surface area contributed by atoms with E-state index in [0.717, 1.165) is 50.7 Å². The Morgan fingerprint density at radius 3 is 2.83 bits per heavy atom. The minimum Gasteiger partial charge on any atom is -0.508 e. The molecular weight excluding hydrogens is 292 g/mol. The molecule has 0 aromatic heterocycles. The molecule has 0 heterocycles. The monoisotopic (exact) mass is 322 g/mol. The van der Waals surface area contributed by atoms with Crippen molar-refractivity contribution in [1.29, 1.82) is 0 Å². The zero-order valence-electron chi connectivity index (χ0n) is 14.5. The lowest BCUT2D eigenvalue weighted by molar-refractivity contribution is 0.180. The van der Waals surface area contributed by atoms with Crippen LogP contribution in [0.15, 0.2) is 29.3 Å². The number of ether oxygens (including phenoxy) is 1. The SMILES string of the molecule is CCNC(=NCc1cccc(O)c1)NCCN(C)CCCOC. The Balaban J connectivity index is 2.37. The molecule has 130 valence electrons. The van der Waals surface area contributed by atoms with Crippen molar-refractivity contribution in [3.05, 3.63) is 29.8 Å². The van der Waals surface area contributed by atoms with Crippen molar-refractivity contribution in [3.63, 3.8) is 0 Å². The summed E-state index contributed by atoms with van der Waals surface area (Å²) in [6, 6.07) is 7.18. The van der Waals surface area contributed by atoms with Crippen LogP contribution in [0.25, 0.3) is 0 Å². The number of phenolic OH excluding ortho intramolecular Hbond substituents is 1. The highest BCUT2D eigenvalue weighted by atomic mass is 16.5. The Labute approximate surface area is 139 Å². The molecule has 0 aliphatic carbocycles. The average molecular weight is 322 g/mol. The van der Waals surface area contributed by atoms with Gasteiger partial charge in [0.15, 0.2) is 5.96 Å². The molecule has 0 unspecified atom stereocenters. The van der Waals surface area contributed by atoms with Crippen LogP contribution in [0.4, 0.5) is 0 Å². The van der Waals surface area contributed by atoms with Crippen molar-refractivity contribution in [2.75, 3.05) is 46.9 Å². The molecule has 3 N–H and O–H groups in total. The maximum atomic E-state index is 9.48. The predicted molar refractivity (Wildman–Crippen MR) is 94.9 cm³/mol. The van der Waals surface area contributed by atoms with Gasteiger partial charge in [0.1, 0.15) is 5.75 Å². The van der Waals surface area contributed by atoms with E-state index in [9.17, 15) is 5.11 Å². The number of likely N-dealkylation sites (N-methyl/N-ethyl adjacent to an activating group) is 1. The van der Waals surface area contributed by atoms with Crippen LogP contribution in [0.1, 0.15) is 18.9 Å². The first-order valence-electron chi connectivity index (χ1n) is 8.13. The highest BCUT2D eigenvalue weighted by molar-refractivity contribution is 5.79. The molecule has 0 bridgehead atoms. The number of guanidine groups is 1. The molecule has 1 aromatic rings. The topological polar surface area (TPSA) is 69.1 Å². The second-order valence-corrected chi connectivity index (χ2v) is 5.44. The fraction of sp³-hybridized carbons (Fsp3) is 0.588. The number of aromatic hydroxyl groups is 1. The summed E-state index contributed by atoms with van der Waals surface area (Å²) >= 11 is 0. The van der Waals surface area contributed by atoms with E-state index < -0.39 is 0 Å². The average Bonchev–Trinajstić information content (AvgIpc) is 2.53. The summed E-state index contributed by atoms with van der Waals surface area (Å²) in [6.07, 6.45) is 1.04. The van der Waals surface area contributed by atoms with Gasteiger partial charge in [-0.2, -0.15) is 0 Å². The second kappa shape index (κ2) is 11.7. The van der Waals surface area contributed by atoms with Crippen LogP contribution in [0, 0.1) is 0 Å². The van der Waals surface area contributed by atoms with Crippen LogP contribution >= 0.6 is 0 Å². The highest BCUT2D eigenvalue weighted by Crippen LogP contribution is 2.11. The number of rotatable bonds is 10. The summed E-state index contributed by atoms with van der Waals surface area (Å²) in [5.74, 6) is 1.06. The molecular formula is C17H30N4O2. The smallest absolute Gasteiger partial charge is 0.191 e. The van der Waals surface area contributed by atoms with E-state index in [4.69, 9.17) is 4.74 Å². The predicted octanol–water partition coefficient (Wildman–Crippen LogP) is 1.42. The first-order valence-corrected chi connectivity index (χ1v) is 8.13. The van der Waals surface area contributed by atoms with Crippen LogP contribution < -0.4 is 10.6 Å². The second-order valence-electron chi connectivity index (χ2n) is 5.44. The third-order valence-corrected chi connectivity index (χ3v) is 3.35. The van der Waals surface area contributed by atoms with Crippen molar-refractivity contribution in [3.8, 4) is 5.75 Å². The van der Waals surface area contributed by atoms with Gasteiger partial charge in [0.2, 0.25) is 0 Å². The largest absolute Gasteiger partial charge is 0.508 e. The summed E-state index contributed by atoms with van der Waals surface area (Å²) in [5, 5.41) is 16.0. The maximum absolute atomic E-state index is 9.48. The van der Waals surface area contributed by atoms with Gasteiger partial charge >= 0.3 is 0 Å². The first kappa shape index (κ1) is 19.3. The van der Waals surface area contributed by atoms with E-state index in [0.29, 0.717) is 6.54 Å². The fourth-order valence-corrected chi connectivity index (χ4v) is 2.12. The van der Waals surface area contributed by atoms with E-state index >= 15 is 0 Å². The van der Waals surface area contributed by atoms with Gasteiger partial charge in [-0.25, -0.2) is 4.99 Å². The molecule has 0 saturated carbocycles. The molecule has 6 heteroatoms. The van der Waals surface area contributed by atoms with Crippen LogP contribution in [0.5, 0.6) is 5.75 Å². The van der Waals surface area contributed by atoms with Gasteiger partial charge in [0, 0.05) is 39.9 Å². The first-order chi connectivity index (χ1) is 11.2. The number of aliphatic imine (C=N–C) groups is 1. The molecule has 0 fully saturated rings. The lowest BCUT2D eigenvalue weighted by Gasteiger charge is -2.18. The number of methoxy groups -OCH3 is 1. The Kier molecular flexibility index (Phi) is 9.83. The van der Waals surface area contributed by atoms with Gasteiger partial charge in [0.05, 0.1) is 6.54 Å². The third-order valence-electron chi connectivity index (χ3n) is 3.35. The Morgan fingerprint density at radius 2 is 2.13 bits per heavy atom. The molecule has 23 heavy (non-hydrogen) atoms. The van der Waals surface area contributed by atoms with Crippen molar-refractivity contribution in [2.45, 2.75) is 19.9 Å². The van der Waals surface area contributed by atoms with E-state index in [-0.39, 0.29) is 5.75 Å². The van der Waals surface area contributed by atoms with E-state index in [1.54, 1.807) is 19.2 Å². The van der Waals surface area contributed by atoms with Crippen molar-refractivity contribution in [2.24, 2.45) is 4.99 Å². The van der Waals surface area contributed by atoms with Crippen LogP contribution in [-0.4, -0.2) is 62.9 Å². The summed E-state index contributed by atoms with van der Waals surface area (Å²) in [4.78, 5) is 6.81. The summed E-state index contributed by atoms with van der Waals surface area (Å²) in [5.41, 5.74) is 0.985. The van der Waals surface area contributed by atoms with Gasteiger partial charge in [0.25, 0.3) is 0 Å². The third kappa shape index (κ3) is 9.05. The minimum absolute atomic E-state index is 0.272. The van der Waals surface area contributed by atoms with Gasteiger partial charge in [-0.05, 0) is 38.1 Å². The van der Waals surface area contributed by atoms with E-state index in [1.165, 1.54) is 0 Å². The summed E-state index contributed by atoms with van der Waals surface area (Å²) in [7, 11) is 3.83. The van der Waals surface area contributed by atoms with Gasteiger partial charge in [-0.15, -0.1) is 0 Å². The zero-order chi connectivity index (χ0) is 16.9. The van der Waals surface area contributed by atoms with Crippen LogP contribution in [0.3, 0.4) is 0 Å². The number of hydrogen-bond donors (Lipinski definition) is 3. The van der Waals surface area contributed by atoms with Crippen molar-refractivity contribution < 1.29 is 9.84 Å². The maximum Gasteiger partial charge on any atom is 0.191 e. The number of benzene rings is 1. The molecule has 0 amide bonds. The molecule has 0 aliphatic heterocycles. The van der Waals surface area contributed by atoms with Gasteiger partial charge < -0.3 is 25.4 Å². The molecule has 0 aliphatic rings. The molecule has 1 rings (SSSR count). The molecule has 0 spiro atoms. The summed E-state index contributed by atoms with van der Waals surface area (Å²) < 4.78 is 5.06. The number of phenols is 1. The Bertz CT molecular complexity index is 466. The van der Waals surface area contributed by atoms with Crippen molar-refractivity contribution in [1.82, 2.24) is 15.5 Å². The van der Waals surface area contributed by atoms with Crippen LogP contribution in [-0.2, 0) is 11.3 Å². The fourth-order valence-electron chi connectivity index (χ4n) is 2.12. The Hall–Kier alpha value is -1.79. The normalized spacial score (nSPS) is 11.7. The zero-order valence-corrected chi connectivity index (χ0v) is 14.5. The summed E-state index contributed by atoms with van der Waals surface area (Å²) in [6.45, 7) is 6.99. The number of nitrogens with one attached hydrogen (secondary N) is 2. The van der Waals surface area contributed by atoms with E-state index in [2.05, 4.69) is 27.6 Å². The van der Waals surface area contributed by atoms with Gasteiger partial charge in [-0.3, -0.25) is 0 Å². The molecule has 0 atom stereocenters. The van der Waals surface area contributed by atoms with Crippen molar-refractivity contribution >= 4 is 5.96 Å². The molecule has 6 nitrogen and oxygen atoms in total. The quantitative estimate of drug-likeness (QED) is 0.345. The standard InChI is InChI=1S/C17H30N4O2/c1-4-18-17(19-9-11-21(2)10-6-12-23-3)20-14-15-7-5-8-16(22)13-15/h5,7-8,13,22H,4,6,9-12,14H2,1-3H3,(H2,18,19,20). The lowest BCUT2D eigenvalue weighted by Crippen LogP contribution is -2.41.